The van der Waals surface area contributed by atoms with Gasteiger partial charge in [-0.3, -0.25) is 0 Å². The maximum absolute atomic E-state index is 4.78. The molecule has 0 aliphatic heterocycles. The molecule has 0 radical (unpaired) electrons. The molecule has 110 valence electrons. The third-order valence-corrected chi connectivity index (χ3v) is 3.40. The van der Waals surface area contributed by atoms with Crippen molar-refractivity contribution in [2.24, 2.45) is 10.9 Å². The van der Waals surface area contributed by atoms with Crippen molar-refractivity contribution in [3.05, 3.63) is 24.4 Å². The summed E-state index contributed by atoms with van der Waals surface area (Å²) in [6.45, 7) is 17.1. The van der Waals surface area contributed by atoms with E-state index in [4.69, 9.17) is 4.99 Å². The van der Waals surface area contributed by atoms with Gasteiger partial charge in [0.25, 0.3) is 0 Å². The summed E-state index contributed by atoms with van der Waals surface area (Å²) in [7, 11) is 0. The summed E-state index contributed by atoms with van der Waals surface area (Å²) in [6, 6.07) is 0. The van der Waals surface area contributed by atoms with Gasteiger partial charge in [0.15, 0.2) is 0 Å². The molecule has 0 rings (SSSR count). The zero-order valence-corrected chi connectivity index (χ0v) is 13.6. The molecule has 0 amide bonds. The van der Waals surface area contributed by atoms with E-state index in [9.17, 15) is 0 Å². The summed E-state index contributed by atoms with van der Waals surface area (Å²) in [5.74, 6) is 1.75. The monoisotopic (exact) mass is 264 g/mol. The van der Waals surface area contributed by atoms with Gasteiger partial charge in [0.2, 0.25) is 0 Å². The zero-order chi connectivity index (χ0) is 14.7. The van der Waals surface area contributed by atoms with Crippen LogP contribution in [0.4, 0.5) is 0 Å². The van der Waals surface area contributed by atoms with Gasteiger partial charge in [-0.1, -0.05) is 47.3 Å². The lowest BCUT2D eigenvalue weighted by atomic mass is 10.1. The molecule has 0 bridgehead atoms. The third kappa shape index (κ3) is 6.60. The molecule has 0 saturated carbocycles. The fraction of sp³-hybridized carbons (Fsp3) is 0.706. The highest BCUT2D eigenvalue weighted by Crippen LogP contribution is 2.12. The molecule has 0 fully saturated rings. The normalized spacial score (nSPS) is 14.4. The number of allylic oxidation sites excluding steroid dienone is 2. The summed E-state index contributed by atoms with van der Waals surface area (Å²) in [5.41, 5.74) is 1.20. The Morgan fingerprint density at radius 1 is 1.16 bits per heavy atom. The first kappa shape index (κ1) is 17.9. The minimum absolute atomic E-state index is 0.511. The Labute approximate surface area is 120 Å². The Morgan fingerprint density at radius 2 is 1.74 bits per heavy atom. The minimum atomic E-state index is 0.511. The highest BCUT2D eigenvalue weighted by Gasteiger charge is 2.15. The number of rotatable bonds is 9. The standard InChI is InChI=1S/C17H32N2/c1-7-12-19(13-8-2)17(15(6)9-3)18-14-16(10-4)11-5/h10,14-15H,4,7-9,11-13H2,1-3,5-6H3/b16-14+,18-17?. The molecule has 0 spiro atoms. The lowest BCUT2D eigenvalue weighted by molar-refractivity contribution is 0.392. The van der Waals surface area contributed by atoms with Crippen LogP contribution in [0.5, 0.6) is 0 Å². The van der Waals surface area contributed by atoms with Crippen molar-refractivity contribution < 1.29 is 0 Å². The second-order valence-electron chi connectivity index (χ2n) is 5.05. The van der Waals surface area contributed by atoms with Gasteiger partial charge in [-0.2, -0.15) is 0 Å². The van der Waals surface area contributed by atoms with Gasteiger partial charge in [-0.15, -0.1) is 0 Å². The predicted molar refractivity (Wildman–Crippen MR) is 87.6 cm³/mol. The lowest BCUT2D eigenvalue weighted by Crippen LogP contribution is -2.36. The SMILES string of the molecule is C=C/C(=C\N=C(C(C)CC)N(CCC)CCC)CC. The molecule has 0 aromatic heterocycles. The summed E-state index contributed by atoms with van der Waals surface area (Å²) in [6.07, 6.45) is 8.35. The fourth-order valence-electron chi connectivity index (χ4n) is 2.02. The van der Waals surface area contributed by atoms with Crippen molar-refractivity contribution in [3.8, 4) is 0 Å². The fourth-order valence-corrected chi connectivity index (χ4v) is 2.02. The molecule has 0 heterocycles. The van der Waals surface area contributed by atoms with E-state index < -0.39 is 0 Å². The Hall–Kier alpha value is -1.05. The van der Waals surface area contributed by atoms with Crippen LogP contribution in [-0.4, -0.2) is 23.8 Å². The summed E-state index contributed by atoms with van der Waals surface area (Å²) in [5, 5.41) is 0. The quantitative estimate of drug-likeness (QED) is 0.324. The van der Waals surface area contributed by atoms with E-state index in [1.54, 1.807) is 0 Å². The topological polar surface area (TPSA) is 15.6 Å². The van der Waals surface area contributed by atoms with Gasteiger partial charge in [0.1, 0.15) is 5.84 Å². The maximum Gasteiger partial charge on any atom is 0.107 e. The molecule has 0 aromatic rings. The van der Waals surface area contributed by atoms with Gasteiger partial charge in [0, 0.05) is 25.2 Å². The third-order valence-electron chi connectivity index (χ3n) is 3.40. The van der Waals surface area contributed by atoms with Crippen LogP contribution in [-0.2, 0) is 0 Å². The van der Waals surface area contributed by atoms with Crippen LogP contribution in [0.15, 0.2) is 29.4 Å². The van der Waals surface area contributed by atoms with E-state index >= 15 is 0 Å². The average molecular weight is 264 g/mol. The van der Waals surface area contributed by atoms with E-state index in [1.165, 1.54) is 24.3 Å². The Balaban J connectivity index is 5.20. The number of nitrogens with zero attached hydrogens (tertiary/aromatic N) is 2. The van der Waals surface area contributed by atoms with E-state index in [2.05, 4.69) is 46.1 Å². The minimum Gasteiger partial charge on any atom is -0.360 e. The van der Waals surface area contributed by atoms with Gasteiger partial charge in [-0.05, 0) is 31.3 Å². The van der Waals surface area contributed by atoms with Crippen LogP contribution >= 0.6 is 0 Å². The number of aliphatic imine (C=N–C) groups is 1. The zero-order valence-electron chi connectivity index (χ0n) is 13.6. The molecule has 0 aromatic carbocycles. The molecular weight excluding hydrogens is 232 g/mol. The van der Waals surface area contributed by atoms with Crippen molar-refractivity contribution >= 4 is 5.84 Å². The van der Waals surface area contributed by atoms with Gasteiger partial charge in [-0.25, -0.2) is 4.99 Å². The van der Waals surface area contributed by atoms with Gasteiger partial charge >= 0.3 is 0 Å². The van der Waals surface area contributed by atoms with Crippen molar-refractivity contribution in [2.45, 2.75) is 60.3 Å². The molecule has 2 nitrogen and oxygen atoms in total. The summed E-state index contributed by atoms with van der Waals surface area (Å²) >= 11 is 0. The molecule has 1 unspecified atom stereocenters. The highest BCUT2D eigenvalue weighted by molar-refractivity contribution is 5.85. The van der Waals surface area contributed by atoms with Gasteiger partial charge < -0.3 is 4.90 Å². The maximum atomic E-state index is 4.78. The second-order valence-corrected chi connectivity index (χ2v) is 5.05. The largest absolute Gasteiger partial charge is 0.360 e. The van der Waals surface area contributed by atoms with E-state index in [0.717, 1.165) is 25.9 Å². The van der Waals surface area contributed by atoms with Crippen molar-refractivity contribution in [2.75, 3.05) is 13.1 Å². The van der Waals surface area contributed by atoms with Crippen LogP contribution in [0.3, 0.4) is 0 Å². The van der Waals surface area contributed by atoms with Crippen LogP contribution in [0, 0.1) is 5.92 Å². The first-order chi connectivity index (χ1) is 9.14. The molecule has 0 N–H and O–H groups in total. The lowest BCUT2D eigenvalue weighted by Gasteiger charge is -2.28. The molecule has 0 saturated heterocycles. The van der Waals surface area contributed by atoms with Crippen molar-refractivity contribution in [1.29, 1.82) is 0 Å². The van der Waals surface area contributed by atoms with Crippen molar-refractivity contribution in [1.82, 2.24) is 4.90 Å². The number of hydrogen-bond acceptors (Lipinski definition) is 1. The van der Waals surface area contributed by atoms with Crippen molar-refractivity contribution in [3.63, 3.8) is 0 Å². The predicted octanol–water partition coefficient (Wildman–Crippen LogP) is 5.03. The Kier molecular flexibility index (Phi) is 10.2. The first-order valence-corrected chi connectivity index (χ1v) is 7.78. The van der Waals surface area contributed by atoms with E-state index in [0.29, 0.717) is 5.92 Å². The molecule has 1 atom stereocenters. The van der Waals surface area contributed by atoms with E-state index in [-0.39, 0.29) is 0 Å². The Bertz CT molecular complexity index is 296. The molecule has 0 aliphatic carbocycles. The average Bonchev–Trinajstić information content (AvgIpc) is 2.43. The Morgan fingerprint density at radius 3 is 2.11 bits per heavy atom. The molecule has 19 heavy (non-hydrogen) atoms. The first-order valence-electron chi connectivity index (χ1n) is 7.78. The molecular formula is C17H32N2. The molecule has 2 heteroatoms. The smallest absolute Gasteiger partial charge is 0.107 e. The van der Waals surface area contributed by atoms with Gasteiger partial charge in [0.05, 0.1) is 0 Å². The summed E-state index contributed by atoms with van der Waals surface area (Å²) in [4.78, 5) is 7.23. The second kappa shape index (κ2) is 10.8. The summed E-state index contributed by atoms with van der Waals surface area (Å²) < 4.78 is 0. The van der Waals surface area contributed by atoms with Crippen LogP contribution < -0.4 is 0 Å². The van der Waals surface area contributed by atoms with E-state index in [1.807, 2.05) is 12.3 Å². The van der Waals surface area contributed by atoms with Crippen LogP contribution in [0.1, 0.15) is 60.3 Å². The van der Waals surface area contributed by atoms with Crippen LogP contribution in [0.25, 0.3) is 0 Å². The van der Waals surface area contributed by atoms with Crippen LogP contribution in [0.2, 0.25) is 0 Å². The highest BCUT2D eigenvalue weighted by atomic mass is 15.2. The molecule has 0 aliphatic rings. The number of amidine groups is 1. The number of hydrogen-bond donors (Lipinski definition) is 0.